The van der Waals surface area contributed by atoms with E-state index in [0.29, 0.717) is 0 Å². The fourth-order valence-electron chi connectivity index (χ4n) is 3.61. The summed E-state index contributed by atoms with van der Waals surface area (Å²) in [7, 11) is 0. The first kappa shape index (κ1) is 16.7. The van der Waals surface area contributed by atoms with Crippen LogP contribution in [0.4, 0.5) is 0 Å². The second-order valence-electron chi connectivity index (χ2n) is 6.95. The van der Waals surface area contributed by atoms with E-state index in [0.717, 1.165) is 54.1 Å². The van der Waals surface area contributed by atoms with Gasteiger partial charge in [-0.15, -0.1) is 11.3 Å². The highest BCUT2D eigenvalue weighted by Crippen LogP contribution is 2.30. The summed E-state index contributed by atoms with van der Waals surface area (Å²) < 4.78 is 2.02. The van der Waals surface area contributed by atoms with E-state index in [1.54, 1.807) is 11.3 Å². The summed E-state index contributed by atoms with van der Waals surface area (Å²) in [6.45, 7) is 13.8. The molecule has 0 aliphatic carbocycles. The van der Waals surface area contributed by atoms with E-state index < -0.39 is 0 Å². The van der Waals surface area contributed by atoms with Gasteiger partial charge in [0.25, 0.3) is 5.56 Å². The molecule has 5 heteroatoms. The molecule has 2 aromatic rings. The third kappa shape index (κ3) is 2.85. The standard InChI is InChI=1S/C18H27N3OS/c1-6-20-9-7-8-14(10-20)21-16(11(2)3)19-17-15(18(21)22)12(4)13(5)23-17/h11,14H,6-10H2,1-5H3/t14-/m0/s1. The van der Waals surface area contributed by atoms with Gasteiger partial charge in [-0.3, -0.25) is 9.36 Å². The normalized spacial score (nSPS) is 19.8. The second kappa shape index (κ2) is 6.36. The third-order valence-corrected chi connectivity index (χ3v) is 6.17. The number of nitrogens with zero attached hydrogens (tertiary/aromatic N) is 3. The Labute approximate surface area is 142 Å². The molecule has 3 rings (SSSR count). The lowest BCUT2D eigenvalue weighted by molar-refractivity contribution is 0.180. The van der Waals surface area contributed by atoms with Gasteiger partial charge in [0.2, 0.25) is 0 Å². The molecule has 1 fully saturated rings. The van der Waals surface area contributed by atoms with Gasteiger partial charge in [-0.2, -0.15) is 0 Å². The minimum Gasteiger partial charge on any atom is -0.302 e. The van der Waals surface area contributed by atoms with Crippen LogP contribution in [0.5, 0.6) is 0 Å². The number of aromatic nitrogens is 2. The molecule has 4 nitrogen and oxygen atoms in total. The van der Waals surface area contributed by atoms with Gasteiger partial charge in [0.05, 0.1) is 11.4 Å². The molecule has 0 aromatic carbocycles. The third-order valence-electron chi connectivity index (χ3n) is 5.07. The van der Waals surface area contributed by atoms with Gasteiger partial charge in [-0.25, -0.2) is 4.98 Å². The first-order chi connectivity index (χ1) is 10.9. The van der Waals surface area contributed by atoms with Crippen molar-refractivity contribution < 1.29 is 0 Å². The number of likely N-dealkylation sites (N-methyl/N-ethyl adjacent to an activating group) is 1. The van der Waals surface area contributed by atoms with E-state index in [4.69, 9.17) is 4.98 Å². The summed E-state index contributed by atoms with van der Waals surface area (Å²) in [5, 5.41) is 0.838. The molecule has 0 N–H and O–H groups in total. The van der Waals surface area contributed by atoms with Crippen LogP contribution >= 0.6 is 11.3 Å². The molecule has 23 heavy (non-hydrogen) atoms. The van der Waals surface area contributed by atoms with Crippen molar-refractivity contribution >= 4 is 21.6 Å². The average molecular weight is 334 g/mol. The Morgan fingerprint density at radius 2 is 2.09 bits per heavy atom. The van der Waals surface area contributed by atoms with Crippen molar-refractivity contribution in [2.24, 2.45) is 0 Å². The van der Waals surface area contributed by atoms with Crippen LogP contribution in [0.25, 0.3) is 10.2 Å². The van der Waals surface area contributed by atoms with Gasteiger partial charge in [0.15, 0.2) is 0 Å². The lowest BCUT2D eigenvalue weighted by atomic mass is 10.0. The molecule has 126 valence electrons. The molecule has 1 atom stereocenters. The average Bonchev–Trinajstić information content (AvgIpc) is 2.82. The molecule has 2 aromatic heterocycles. The maximum atomic E-state index is 13.3. The molecular weight excluding hydrogens is 306 g/mol. The summed E-state index contributed by atoms with van der Waals surface area (Å²) in [6.07, 6.45) is 2.23. The molecule has 0 saturated carbocycles. The van der Waals surface area contributed by atoms with Crippen LogP contribution in [0.3, 0.4) is 0 Å². The molecule has 0 unspecified atom stereocenters. The topological polar surface area (TPSA) is 38.1 Å². The van der Waals surface area contributed by atoms with Crippen LogP contribution in [0.2, 0.25) is 0 Å². The Kier molecular flexibility index (Phi) is 4.61. The highest BCUT2D eigenvalue weighted by atomic mass is 32.1. The van der Waals surface area contributed by atoms with Crippen molar-refractivity contribution in [3.63, 3.8) is 0 Å². The van der Waals surface area contributed by atoms with Gasteiger partial charge >= 0.3 is 0 Å². The van der Waals surface area contributed by atoms with Crippen molar-refractivity contribution in [2.45, 2.75) is 59.4 Å². The van der Waals surface area contributed by atoms with Crippen molar-refractivity contribution in [3.05, 3.63) is 26.6 Å². The fourth-order valence-corrected chi connectivity index (χ4v) is 4.64. The van der Waals surface area contributed by atoms with Crippen molar-refractivity contribution in [1.82, 2.24) is 14.5 Å². The zero-order valence-corrected chi connectivity index (χ0v) is 15.7. The zero-order valence-electron chi connectivity index (χ0n) is 14.8. The largest absolute Gasteiger partial charge is 0.302 e. The Hall–Kier alpha value is -1.20. The second-order valence-corrected chi connectivity index (χ2v) is 8.16. The van der Waals surface area contributed by atoms with Crippen LogP contribution in [0, 0.1) is 13.8 Å². The summed E-state index contributed by atoms with van der Waals surface area (Å²) in [6, 6.07) is 0.255. The van der Waals surface area contributed by atoms with Gasteiger partial charge in [-0.1, -0.05) is 20.8 Å². The Morgan fingerprint density at radius 1 is 1.35 bits per heavy atom. The lowest BCUT2D eigenvalue weighted by Gasteiger charge is -2.34. The minimum atomic E-state index is 0.170. The molecule has 1 aliphatic heterocycles. The van der Waals surface area contributed by atoms with E-state index in [-0.39, 0.29) is 17.5 Å². The zero-order chi connectivity index (χ0) is 16.7. The number of thiophene rings is 1. The monoisotopic (exact) mass is 333 g/mol. The summed E-state index contributed by atoms with van der Waals surface area (Å²) >= 11 is 1.65. The molecular formula is C18H27N3OS. The SMILES string of the molecule is CCN1CCC[C@H](n2c(C(C)C)nc3sc(C)c(C)c3c2=O)C1. The van der Waals surface area contributed by atoms with Gasteiger partial charge in [0, 0.05) is 17.3 Å². The molecule has 0 amide bonds. The lowest BCUT2D eigenvalue weighted by Crippen LogP contribution is -2.41. The highest BCUT2D eigenvalue weighted by Gasteiger charge is 2.26. The summed E-state index contributed by atoms with van der Waals surface area (Å²) in [4.78, 5) is 22.8. The molecule has 1 saturated heterocycles. The Balaban J connectivity index is 2.21. The van der Waals surface area contributed by atoms with Crippen LogP contribution in [-0.4, -0.2) is 34.1 Å². The van der Waals surface area contributed by atoms with Crippen molar-refractivity contribution in [2.75, 3.05) is 19.6 Å². The fraction of sp³-hybridized carbons (Fsp3) is 0.667. The molecule has 0 radical (unpaired) electrons. The van der Waals surface area contributed by atoms with E-state index in [9.17, 15) is 4.79 Å². The molecule has 3 heterocycles. The number of piperidine rings is 1. The van der Waals surface area contributed by atoms with Crippen molar-refractivity contribution in [1.29, 1.82) is 0 Å². The highest BCUT2D eigenvalue weighted by molar-refractivity contribution is 7.18. The van der Waals surface area contributed by atoms with Crippen LogP contribution < -0.4 is 5.56 Å². The number of likely N-dealkylation sites (tertiary alicyclic amines) is 1. The Morgan fingerprint density at radius 3 is 2.74 bits per heavy atom. The summed E-state index contributed by atoms with van der Waals surface area (Å²) in [5.41, 5.74) is 1.28. The quantitative estimate of drug-likeness (QED) is 0.856. The first-order valence-electron chi connectivity index (χ1n) is 8.68. The minimum absolute atomic E-state index is 0.170. The number of fused-ring (bicyclic) bond motifs is 1. The van der Waals surface area contributed by atoms with Gasteiger partial charge < -0.3 is 4.90 Å². The van der Waals surface area contributed by atoms with E-state index in [1.165, 1.54) is 4.88 Å². The predicted molar refractivity (Wildman–Crippen MR) is 97.8 cm³/mol. The van der Waals surface area contributed by atoms with E-state index in [1.807, 2.05) is 4.57 Å². The van der Waals surface area contributed by atoms with Crippen molar-refractivity contribution in [3.8, 4) is 0 Å². The number of aryl methyl sites for hydroxylation is 2. The first-order valence-corrected chi connectivity index (χ1v) is 9.50. The summed E-state index contributed by atoms with van der Waals surface area (Å²) in [5.74, 6) is 1.21. The maximum absolute atomic E-state index is 13.3. The Bertz CT molecular complexity index is 775. The van der Waals surface area contributed by atoms with Crippen LogP contribution in [0.1, 0.15) is 61.8 Å². The van der Waals surface area contributed by atoms with Gasteiger partial charge in [-0.05, 0) is 45.3 Å². The smallest absolute Gasteiger partial charge is 0.262 e. The van der Waals surface area contributed by atoms with Crippen LogP contribution in [0.15, 0.2) is 4.79 Å². The predicted octanol–water partition coefficient (Wildman–Crippen LogP) is 3.86. The molecule has 0 bridgehead atoms. The number of hydrogen-bond donors (Lipinski definition) is 0. The molecule has 0 spiro atoms. The number of hydrogen-bond acceptors (Lipinski definition) is 4. The van der Waals surface area contributed by atoms with Gasteiger partial charge in [0.1, 0.15) is 10.7 Å². The van der Waals surface area contributed by atoms with E-state index in [2.05, 4.69) is 39.5 Å². The van der Waals surface area contributed by atoms with E-state index >= 15 is 0 Å². The van der Waals surface area contributed by atoms with Crippen LogP contribution in [-0.2, 0) is 0 Å². The number of rotatable bonds is 3. The molecule has 1 aliphatic rings. The maximum Gasteiger partial charge on any atom is 0.262 e.